The highest BCUT2D eigenvalue weighted by atomic mass is 16.5. The molecule has 0 aliphatic carbocycles. The first-order valence-corrected chi connectivity index (χ1v) is 10.2. The summed E-state index contributed by atoms with van der Waals surface area (Å²) >= 11 is 0. The lowest BCUT2D eigenvalue weighted by atomic mass is 9.84. The molecule has 1 N–H and O–H groups in total. The number of piperidine rings is 1. The molecule has 4 nitrogen and oxygen atoms in total. The quantitative estimate of drug-likeness (QED) is 0.698. The first-order chi connectivity index (χ1) is 13.5. The third-order valence-electron chi connectivity index (χ3n) is 6.06. The van der Waals surface area contributed by atoms with E-state index < -0.39 is 5.60 Å². The van der Waals surface area contributed by atoms with E-state index in [0.717, 1.165) is 43.8 Å². The standard InChI is InChI=1S/C24H30N2O2/c1-18(2)26-17-19(20-8-4-6-10-22(20)26)16-25-14-12-24(27,13-15-25)21-9-5-7-11-23(21)28-3/h4-11,17-18,27H,12-16H2,1-3H3. The summed E-state index contributed by atoms with van der Waals surface area (Å²) in [6.07, 6.45) is 3.74. The highest BCUT2D eigenvalue weighted by molar-refractivity contribution is 5.84. The average molecular weight is 379 g/mol. The number of hydrogen-bond donors (Lipinski definition) is 1. The maximum Gasteiger partial charge on any atom is 0.124 e. The molecule has 0 saturated carbocycles. The van der Waals surface area contributed by atoms with Gasteiger partial charge in [-0.2, -0.15) is 0 Å². The van der Waals surface area contributed by atoms with Gasteiger partial charge in [-0.05, 0) is 44.4 Å². The van der Waals surface area contributed by atoms with Crippen molar-refractivity contribution in [3.63, 3.8) is 0 Å². The summed E-state index contributed by atoms with van der Waals surface area (Å²) < 4.78 is 7.84. The van der Waals surface area contributed by atoms with Crippen LogP contribution in [0.15, 0.2) is 54.7 Å². The average Bonchev–Trinajstić information content (AvgIpc) is 3.09. The molecule has 1 aromatic heterocycles. The molecule has 0 radical (unpaired) electrons. The van der Waals surface area contributed by atoms with Crippen molar-refractivity contribution in [2.45, 2.75) is 44.9 Å². The van der Waals surface area contributed by atoms with Gasteiger partial charge < -0.3 is 14.4 Å². The third kappa shape index (κ3) is 3.43. The zero-order valence-electron chi connectivity index (χ0n) is 17.1. The van der Waals surface area contributed by atoms with Gasteiger partial charge in [-0.3, -0.25) is 4.90 Å². The van der Waals surface area contributed by atoms with Gasteiger partial charge >= 0.3 is 0 Å². The van der Waals surface area contributed by atoms with Crippen molar-refractivity contribution in [1.82, 2.24) is 9.47 Å². The maximum atomic E-state index is 11.3. The van der Waals surface area contributed by atoms with Crippen LogP contribution in [0.3, 0.4) is 0 Å². The zero-order chi connectivity index (χ0) is 19.7. The summed E-state index contributed by atoms with van der Waals surface area (Å²) in [5.74, 6) is 0.776. The van der Waals surface area contributed by atoms with Gasteiger partial charge in [0.2, 0.25) is 0 Å². The number of rotatable bonds is 5. The van der Waals surface area contributed by atoms with E-state index in [1.54, 1.807) is 7.11 Å². The molecule has 1 fully saturated rings. The van der Waals surface area contributed by atoms with E-state index in [1.807, 2.05) is 24.3 Å². The van der Waals surface area contributed by atoms with E-state index in [1.165, 1.54) is 16.5 Å². The number of para-hydroxylation sites is 2. The van der Waals surface area contributed by atoms with Crippen LogP contribution in [0.25, 0.3) is 10.9 Å². The fraction of sp³-hybridized carbons (Fsp3) is 0.417. The molecule has 28 heavy (non-hydrogen) atoms. The Morgan fingerprint density at radius 3 is 2.43 bits per heavy atom. The second kappa shape index (κ2) is 7.61. The minimum atomic E-state index is -0.810. The van der Waals surface area contributed by atoms with Gasteiger partial charge in [0.25, 0.3) is 0 Å². The molecule has 2 heterocycles. The van der Waals surface area contributed by atoms with E-state index >= 15 is 0 Å². The second-order valence-corrected chi connectivity index (χ2v) is 8.18. The number of nitrogens with zero attached hydrogens (tertiary/aromatic N) is 2. The monoisotopic (exact) mass is 378 g/mol. The highest BCUT2D eigenvalue weighted by Gasteiger charge is 2.36. The Balaban J connectivity index is 1.52. The van der Waals surface area contributed by atoms with Crippen molar-refractivity contribution in [2.75, 3.05) is 20.2 Å². The van der Waals surface area contributed by atoms with Crippen molar-refractivity contribution in [2.24, 2.45) is 0 Å². The molecule has 0 bridgehead atoms. The van der Waals surface area contributed by atoms with Gasteiger partial charge in [0.15, 0.2) is 0 Å². The van der Waals surface area contributed by atoms with Crippen molar-refractivity contribution >= 4 is 10.9 Å². The van der Waals surface area contributed by atoms with Crippen molar-refractivity contribution in [3.05, 3.63) is 65.9 Å². The number of likely N-dealkylation sites (tertiary alicyclic amines) is 1. The van der Waals surface area contributed by atoms with Gasteiger partial charge in [-0.15, -0.1) is 0 Å². The van der Waals surface area contributed by atoms with Crippen molar-refractivity contribution < 1.29 is 9.84 Å². The Kier molecular flexibility index (Phi) is 5.17. The Labute approximate surface area is 167 Å². The van der Waals surface area contributed by atoms with Gasteiger partial charge in [0.05, 0.1) is 12.7 Å². The van der Waals surface area contributed by atoms with Crippen LogP contribution in [0.1, 0.15) is 43.9 Å². The molecule has 0 spiro atoms. The van der Waals surface area contributed by atoms with Crippen LogP contribution in [0.4, 0.5) is 0 Å². The summed E-state index contributed by atoms with van der Waals surface area (Å²) in [6.45, 7) is 7.11. The van der Waals surface area contributed by atoms with Crippen LogP contribution in [0.5, 0.6) is 5.75 Å². The molecule has 1 aliphatic rings. The molecule has 1 saturated heterocycles. The summed E-state index contributed by atoms with van der Waals surface area (Å²) in [5, 5.41) is 12.6. The normalized spacial score (nSPS) is 17.3. The Morgan fingerprint density at radius 2 is 1.71 bits per heavy atom. The van der Waals surface area contributed by atoms with Crippen LogP contribution in [-0.4, -0.2) is 34.8 Å². The lowest BCUT2D eigenvalue weighted by molar-refractivity contribution is -0.0291. The molecular weight excluding hydrogens is 348 g/mol. The first kappa shape index (κ1) is 19.0. The molecule has 4 heteroatoms. The lowest BCUT2D eigenvalue weighted by Gasteiger charge is -2.39. The largest absolute Gasteiger partial charge is 0.496 e. The number of methoxy groups -OCH3 is 1. The Hall–Kier alpha value is -2.30. The van der Waals surface area contributed by atoms with Crippen LogP contribution < -0.4 is 4.74 Å². The molecule has 3 aromatic rings. The van der Waals surface area contributed by atoms with Crippen molar-refractivity contribution in [1.29, 1.82) is 0 Å². The van der Waals surface area contributed by atoms with Gasteiger partial charge in [0, 0.05) is 48.3 Å². The lowest BCUT2D eigenvalue weighted by Crippen LogP contribution is -2.42. The second-order valence-electron chi connectivity index (χ2n) is 8.18. The van der Waals surface area contributed by atoms with Gasteiger partial charge in [-0.1, -0.05) is 36.4 Å². The van der Waals surface area contributed by atoms with E-state index in [0.29, 0.717) is 6.04 Å². The van der Waals surface area contributed by atoms with E-state index in [-0.39, 0.29) is 0 Å². The van der Waals surface area contributed by atoms with E-state index in [4.69, 9.17) is 4.74 Å². The molecule has 0 amide bonds. The molecular formula is C24H30N2O2. The smallest absolute Gasteiger partial charge is 0.124 e. The number of aromatic nitrogens is 1. The number of ether oxygens (including phenoxy) is 1. The molecule has 2 aromatic carbocycles. The first-order valence-electron chi connectivity index (χ1n) is 10.2. The predicted molar refractivity (Wildman–Crippen MR) is 114 cm³/mol. The Bertz CT molecular complexity index is 952. The highest BCUT2D eigenvalue weighted by Crippen LogP contribution is 2.38. The van der Waals surface area contributed by atoms with E-state index in [2.05, 4.69) is 53.8 Å². The fourth-order valence-electron chi connectivity index (χ4n) is 4.45. The minimum absolute atomic E-state index is 0.440. The number of aliphatic hydroxyl groups is 1. The summed E-state index contributed by atoms with van der Waals surface area (Å²) in [6, 6.07) is 16.9. The third-order valence-corrected chi connectivity index (χ3v) is 6.06. The molecule has 4 rings (SSSR count). The number of hydrogen-bond acceptors (Lipinski definition) is 3. The van der Waals surface area contributed by atoms with Crippen LogP contribution in [0.2, 0.25) is 0 Å². The molecule has 1 aliphatic heterocycles. The zero-order valence-corrected chi connectivity index (χ0v) is 17.1. The summed E-state index contributed by atoms with van der Waals surface area (Å²) in [4.78, 5) is 2.45. The van der Waals surface area contributed by atoms with Crippen LogP contribution >= 0.6 is 0 Å². The maximum absolute atomic E-state index is 11.3. The summed E-state index contributed by atoms with van der Waals surface area (Å²) in [5.41, 5.74) is 2.77. The molecule has 148 valence electrons. The predicted octanol–water partition coefficient (Wildman–Crippen LogP) is 4.71. The number of fused-ring (bicyclic) bond motifs is 1. The van der Waals surface area contributed by atoms with Crippen LogP contribution in [-0.2, 0) is 12.1 Å². The topological polar surface area (TPSA) is 37.6 Å². The fourth-order valence-corrected chi connectivity index (χ4v) is 4.45. The summed E-state index contributed by atoms with van der Waals surface area (Å²) in [7, 11) is 1.67. The molecule has 0 unspecified atom stereocenters. The SMILES string of the molecule is COc1ccccc1C1(O)CCN(Cc2cn(C(C)C)c3ccccc23)CC1. The minimum Gasteiger partial charge on any atom is -0.496 e. The van der Waals surface area contributed by atoms with E-state index in [9.17, 15) is 5.11 Å². The van der Waals surface area contributed by atoms with Crippen molar-refractivity contribution in [3.8, 4) is 5.75 Å². The Morgan fingerprint density at radius 1 is 1.04 bits per heavy atom. The number of benzene rings is 2. The van der Waals surface area contributed by atoms with Gasteiger partial charge in [-0.25, -0.2) is 0 Å². The van der Waals surface area contributed by atoms with Crippen LogP contribution in [0, 0.1) is 0 Å². The van der Waals surface area contributed by atoms with Gasteiger partial charge in [0.1, 0.15) is 5.75 Å². The molecule has 0 atom stereocenters.